The van der Waals surface area contributed by atoms with Crippen LogP contribution in [0.5, 0.6) is 11.5 Å². The second kappa shape index (κ2) is 14.1. The van der Waals surface area contributed by atoms with Gasteiger partial charge in [0.25, 0.3) is 0 Å². The van der Waals surface area contributed by atoms with Crippen molar-refractivity contribution < 1.29 is 4.74 Å². The van der Waals surface area contributed by atoms with Crippen LogP contribution in [-0.2, 0) is 5.41 Å². The van der Waals surface area contributed by atoms with Crippen molar-refractivity contribution in [1.82, 2.24) is 0 Å². The van der Waals surface area contributed by atoms with Gasteiger partial charge in [0, 0.05) is 59.7 Å². The minimum absolute atomic E-state index is 0.599. The Balaban J connectivity index is 1.13. The maximum absolute atomic E-state index is 6.92. The van der Waals surface area contributed by atoms with Gasteiger partial charge in [-0.3, -0.25) is 0 Å². The Morgan fingerprint density at radius 1 is 0.349 bits per heavy atom. The number of fused-ring (bicyclic) bond motifs is 13. The van der Waals surface area contributed by atoms with Gasteiger partial charge in [-0.1, -0.05) is 146 Å². The van der Waals surface area contributed by atoms with E-state index in [1.54, 1.807) is 0 Å². The average molecular weight is 823 g/mol. The molecule has 0 unspecified atom stereocenters. The van der Waals surface area contributed by atoms with E-state index < -0.39 is 5.41 Å². The van der Waals surface area contributed by atoms with Gasteiger partial charge in [-0.2, -0.15) is 0 Å². The molecule has 0 saturated heterocycles. The number of nitrogens with zero attached hydrogens (tertiary/aromatic N) is 2. The normalized spacial score (nSPS) is 13.0. The summed E-state index contributed by atoms with van der Waals surface area (Å²) in [5.41, 5.74) is 13.2. The van der Waals surface area contributed by atoms with Crippen molar-refractivity contribution in [3.05, 3.63) is 253 Å². The van der Waals surface area contributed by atoms with Crippen LogP contribution < -0.4 is 14.5 Å². The zero-order chi connectivity index (χ0) is 41.5. The SMILES string of the molecule is c1ccc(N(c2ccccc2)c2cc(N(c3ccccc3)c3ccc4c(c3)C3(c5ccccc5O4)c4ccccc4-c4ccccc43)c3c(c2)sc2cc4ccccc4cc23)cc1. The highest BCUT2D eigenvalue weighted by Gasteiger charge is 2.51. The minimum Gasteiger partial charge on any atom is -0.457 e. The molecule has 11 aromatic rings. The number of ether oxygens (including phenoxy) is 1. The van der Waals surface area contributed by atoms with E-state index in [1.165, 1.54) is 53.2 Å². The monoisotopic (exact) mass is 822 g/mol. The van der Waals surface area contributed by atoms with E-state index >= 15 is 0 Å². The van der Waals surface area contributed by atoms with Crippen molar-refractivity contribution in [3.63, 3.8) is 0 Å². The largest absolute Gasteiger partial charge is 0.457 e. The average Bonchev–Trinajstić information content (AvgIpc) is 3.85. The van der Waals surface area contributed by atoms with Crippen molar-refractivity contribution in [3.8, 4) is 22.6 Å². The molecule has 0 radical (unpaired) electrons. The molecular weight excluding hydrogens is 785 g/mol. The predicted molar refractivity (Wildman–Crippen MR) is 264 cm³/mol. The van der Waals surface area contributed by atoms with E-state index in [9.17, 15) is 0 Å². The fourth-order valence-corrected chi connectivity index (χ4v) is 11.6. The Morgan fingerprint density at radius 2 is 0.873 bits per heavy atom. The van der Waals surface area contributed by atoms with Crippen molar-refractivity contribution in [2.75, 3.05) is 9.80 Å². The standard InChI is InChI=1S/C59H38N2OS/c1-4-20-41(21-5-1)60(42-22-6-2-7-23-42)45-37-53(58-48-34-39-18-10-11-19-40(39)35-56(48)63-57(58)38-45)61(43-24-8-3-9-25-43)44-32-33-55-52(36-44)59(51-30-16-17-31-54(51)62-55)49-28-14-12-26-46(49)47-27-13-15-29-50(47)59/h1-38H. The van der Waals surface area contributed by atoms with Crippen molar-refractivity contribution in [2.45, 2.75) is 5.41 Å². The maximum Gasteiger partial charge on any atom is 0.132 e. The fraction of sp³-hybridized carbons (Fsp3) is 0.0169. The summed E-state index contributed by atoms with van der Waals surface area (Å²) in [5.74, 6) is 1.75. The number of hydrogen-bond donors (Lipinski definition) is 0. The van der Waals surface area contributed by atoms with Gasteiger partial charge in [-0.05, 0) is 118 Å². The molecule has 3 nitrogen and oxygen atoms in total. The lowest BCUT2D eigenvalue weighted by atomic mass is 9.66. The molecule has 0 N–H and O–H groups in total. The Labute approximate surface area is 370 Å². The van der Waals surface area contributed by atoms with Crippen LogP contribution >= 0.6 is 11.3 Å². The fourth-order valence-electron chi connectivity index (χ4n) is 10.5. The van der Waals surface area contributed by atoms with Gasteiger partial charge < -0.3 is 14.5 Å². The first-order chi connectivity index (χ1) is 31.2. The van der Waals surface area contributed by atoms with Gasteiger partial charge in [0.05, 0.1) is 11.1 Å². The van der Waals surface area contributed by atoms with Gasteiger partial charge in [0.15, 0.2) is 0 Å². The molecule has 63 heavy (non-hydrogen) atoms. The molecule has 1 spiro atoms. The number of rotatable bonds is 6. The van der Waals surface area contributed by atoms with Gasteiger partial charge in [-0.25, -0.2) is 0 Å². The van der Waals surface area contributed by atoms with Crippen LogP contribution in [0.3, 0.4) is 0 Å². The second-order valence-corrected chi connectivity index (χ2v) is 17.5. The Hall–Kier alpha value is -7.92. The van der Waals surface area contributed by atoms with Crippen LogP contribution in [0.4, 0.5) is 34.1 Å². The Kier molecular flexibility index (Phi) is 7.99. The minimum atomic E-state index is -0.599. The van der Waals surface area contributed by atoms with E-state index in [-0.39, 0.29) is 0 Å². The van der Waals surface area contributed by atoms with Gasteiger partial charge in [0.2, 0.25) is 0 Å². The van der Waals surface area contributed by atoms with Gasteiger partial charge >= 0.3 is 0 Å². The molecule has 0 amide bonds. The molecule has 13 rings (SSSR count). The summed E-state index contributed by atoms with van der Waals surface area (Å²) in [6.45, 7) is 0. The van der Waals surface area contributed by atoms with Crippen molar-refractivity contribution in [1.29, 1.82) is 0 Å². The first-order valence-corrected chi connectivity index (χ1v) is 22.3. The molecule has 0 atom stereocenters. The summed E-state index contributed by atoms with van der Waals surface area (Å²) in [7, 11) is 0. The lowest BCUT2D eigenvalue weighted by Crippen LogP contribution is -2.32. The molecule has 296 valence electrons. The lowest BCUT2D eigenvalue weighted by Gasteiger charge is -2.40. The molecule has 0 fully saturated rings. The zero-order valence-corrected chi connectivity index (χ0v) is 35.0. The highest BCUT2D eigenvalue weighted by Crippen LogP contribution is 2.63. The smallest absolute Gasteiger partial charge is 0.132 e. The predicted octanol–water partition coefficient (Wildman–Crippen LogP) is 16.6. The number of para-hydroxylation sites is 4. The zero-order valence-electron chi connectivity index (χ0n) is 34.2. The van der Waals surface area contributed by atoms with E-state index in [1.807, 2.05) is 11.3 Å². The highest BCUT2D eigenvalue weighted by atomic mass is 32.1. The summed E-state index contributed by atoms with van der Waals surface area (Å²) in [6, 6.07) is 83.9. The van der Waals surface area contributed by atoms with E-state index in [0.29, 0.717) is 0 Å². The third kappa shape index (κ3) is 5.38. The highest BCUT2D eigenvalue weighted by molar-refractivity contribution is 7.26. The molecule has 1 aliphatic carbocycles. The molecule has 0 saturated carbocycles. The number of anilines is 6. The van der Waals surface area contributed by atoms with Crippen LogP contribution in [0, 0.1) is 0 Å². The Morgan fingerprint density at radius 3 is 1.52 bits per heavy atom. The molecule has 0 bridgehead atoms. The number of thiophene rings is 1. The summed E-state index contributed by atoms with van der Waals surface area (Å²) in [4.78, 5) is 4.86. The summed E-state index contributed by atoms with van der Waals surface area (Å²) >= 11 is 1.86. The van der Waals surface area contributed by atoms with Crippen LogP contribution in [0.25, 0.3) is 42.1 Å². The van der Waals surface area contributed by atoms with Gasteiger partial charge in [0.1, 0.15) is 11.5 Å². The van der Waals surface area contributed by atoms with Gasteiger partial charge in [-0.15, -0.1) is 11.3 Å². The summed E-state index contributed by atoms with van der Waals surface area (Å²) in [6.07, 6.45) is 0. The maximum atomic E-state index is 6.92. The summed E-state index contributed by atoms with van der Waals surface area (Å²) in [5, 5.41) is 4.93. The number of hydrogen-bond acceptors (Lipinski definition) is 4. The second-order valence-electron chi connectivity index (χ2n) is 16.4. The first-order valence-electron chi connectivity index (χ1n) is 21.5. The third-order valence-electron chi connectivity index (χ3n) is 13.0. The Bertz CT molecular complexity index is 3480. The molecular formula is C59H38N2OS. The molecule has 2 aliphatic rings. The number of benzene rings is 10. The van der Waals surface area contributed by atoms with E-state index in [0.717, 1.165) is 56.8 Å². The molecule has 1 aliphatic heterocycles. The van der Waals surface area contributed by atoms with E-state index in [4.69, 9.17) is 4.74 Å². The lowest BCUT2D eigenvalue weighted by molar-refractivity contribution is 0.436. The first kappa shape index (κ1) is 35.8. The summed E-state index contributed by atoms with van der Waals surface area (Å²) < 4.78 is 9.40. The quantitative estimate of drug-likeness (QED) is 0.166. The van der Waals surface area contributed by atoms with Crippen molar-refractivity contribution >= 4 is 76.4 Å². The van der Waals surface area contributed by atoms with Crippen molar-refractivity contribution in [2.24, 2.45) is 0 Å². The van der Waals surface area contributed by atoms with Crippen LogP contribution in [-0.4, -0.2) is 0 Å². The van der Waals surface area contributed by atoms with Crippen LogP contribution in [0.15, 0.2) is 231 Å². The third-order valence-corrected chi connectivity index (χ3v) is 14.1. The molecule has 4 heteroatoms. The molecule has 1 aromatic heterocycles. The van der Waals surface area contributed by atoms with Crippen LogP contribution in [0.2, 0.25) is 0 Å². The molecule has 2 heterocycles. The van der Waals surface area contributed by atoms with Crippen LogP contribution in [0.1, 0.15) is 22.3 Å². The van der Waals surface area contributed by atoms with E-state index in [2.05, 4.69) is 240 Å². The topological polar surface area (TPSA) is 15.7 Å². The molecule has 10 aromatic carbocycles.